The molecule has 4 rings (SSSR count). The first-order chi connectivity index (χ1) is 15.5. The molecule has 2 atom stereocenters. The Morgan fingerprint density at radius 2 is 1.72 bits per heavy atom. The number of rotatable bonds is 7. The van der Waals surface area contributed by atoms with Gasteiger partial charge in [-0.05, 0) is 55.5 Å². The molecule has 0 bridgehead atoms. The van der Waals surface area contributed by atoms with Gasteiger partial charge < -0.3 is 10.1 Å². The number of ether oxygens (including phenoxy) is 1. The maximum atomic E-state index is 12.6. The van der Waals surface area contributed by atoms with Gasteiger partial charge in [0.1, 0.15) is 0 Å². The highest BCUT2D eigenvalue weighted by atomic mass is 32.2. The molecule has 2 heterocycles. The molecular formula is C25H30N4O2S. The second-order valence-corrected chi connectivity index (χ2v) is 9.05. The average molecular weight is 451 g/mol. The highest BCUT2D eigenvalue weighted by Crippen LogP contribution is 2.19. The number of carbonyl (C=O) groups excluding carboxylic acids is 1. The second kappa shape index (κ2) is 10.3. The molecule has 1 N–H and O–H groups in total. The number of aromatic nitrogens is 2. The third kappa shape index (κ3) is 5.59. The molecule has 0 radical (unpaired) electrons. The Hall–Kier alpha value is -2.61. The van der Waals surface area contributed by atoms with E-state index in [0.717, 1.165) is 36.0 Å². The van der Waals surface area contributed by atoms with Crippen molar-refractivity contribution in [3.63, 3.8) is 0 Å². The molecule has 3 aromatic rings. The van der Waals surface area contributed by atoms with E-state index in [0.29, 0.717) is 12.1 Å². The standard InChI is InChI=1S/C25H30N4O2S/c1-18-15-28(16-19(2)31-18)17-21-6-4-20(5-7-21)14-27-24(30)22-8-10-23(11-9-22)29-13-12-26-25(29)32-3/h4-13,18-19H,14-17H2,1-3H3,(H,27,30). The highest BCUT2D eigenvalue weighted by molar-refractivity contribution is 7.98. The Labute approximate surface area is 194 Å². The zero-order valence-electron chi connectivity index (χ0n) is 18.8. The second-order valence-electron chi connectivity index (χ2n) is 8.28. The smallest absolute Gasteiger partial charge is 0.251 e. The first-order valence-electron chi connectivity index (χ1n) is 10.9. The number of carbonyl (C=O) groups is 1. The maximum absolute atomic E-state index is 12.6. The van der Waals surface area contributed by atoms with Gasteiger partial charge in [0, 0.05) is 49.8 Å². The monoisotopic (exact) mass is 450 g/mol. The molecule has 2 aromatic carbocycles. The Balaban J connectivity index is 1.30. The minimum atomic E-state index is -0.0763. The molecule has 168 valence electrons. The van der Waals surface area contributed by atoms with Gasteiger partial charge in [-0.15, -0.1) is 0 Å². The normalized spacial score (nSPS) is 19.1. The highest BCUT2D eigenvalue weighted by Gasteiger charge is 2.21. The minimum absolute atomic E-state index is 0.0763. The number of thioether (sulfide) groups is 1. The first kappa shape index (κ1) is 22.6. The van der Waals surface area contributed by atoms with E-state index in [2.05, 4.69) is 53.3 Å². The van der Waals surface area contributed by atoms with Gasteiger partial charge in [-0.2, -0.15) is 0 Å². The van der Waals surface area contributed by atoms with Crippen molar-refractivity contribution in [3.05, 3.63) is 77.6 Å². The number of morpholine rings is 1. The van der Waals surface area contributed by atoms with Crippen LogP contribution < -0.4 is 5.32 Å². The van der Waals surface area contributed by atoms with Crippen LogP contribution in [0.2, 0.25) is 0 Å². The van der Waals surface area contributed by atoms with Gasteiger partial charge in [0.2, 0.25) is 0 Å². The van der Waals surface area contributed by atoms with Crippen molar-refractivity contribution in [2.24, 2.45) is 0 Å². The number of benzene rings is 2. The van der Waals surface area contributed by atoms with E-state index in [1.165, 1.54) is 5.56 Å². The number of nitrogens with zero attached hydrogens (tertiary/aromatic N) is 3. The van der Waals surface area contributed by atoms with E-state index in [4.69, 9.17) is 4.74 Å². The van der Waals surface area contributed by atoms with Crippen molar-refractivity contribution in [2.75, 3.05) is 19.3 Å². The van der Waals surface area contributed by atoms with Crippen molar-refractivity contribution >= 4 is 17.7 Å². The lowest BCUT2D eigenvalue weighted by molar-refractivity contribution is -0.0704. The van der Waals surface area contributed by atoms with Gasteiger partial charge in [-0.25, -0.2) is 4.98 Å². The molecular weight excluding hydrogens is 420 g/mol. The molecule has 6 nitrogen and oxygen atoms in total. The summed E-state index contributed by atoms with van der Waals surface area (Å²) >= 11 is 1.59. The summed E-state index contributed by atoms with van der Waals surface area (Å²) in [6.07, 6.45) is 6.24. The molecule has 1 saturated heterocycles. The zero-order valence-corrected chi connectivity index (χ0v) is 19.6. The van der Waals surface area contributed by atoms with Crippen LogP contribution in [0.3, 0.4) is 0 Å². The molecule has 1 amide bonds. The Morgan fingerprint density at radius 3 is 2.38 bits per heavy atom. The fraction of sp³-hybridized carbons (Fsp3) is 0.360. The van der Waals surface area contributed by atoms with Gasteiger partial charge in [-0.1, -0.05) is 36.0 Å². The molecule has 1 aromatic heterocycles. The van der Waals surface area contributed by atoms with Crippen LogP contribution in [0.15, 0.2) is 66.1 Å². The van der Waals surface area contributed by atoms with Crippen LogP contribution in [0.1, 0.15) is 35.3 Å². The summed E-state index contributed by atoms with van der Waals surface area (Å²) in [7, 11) is 0. The van der Waals surface area contributed by atoms with Crippen molar-refractivity contribution in [1.29, 1.82) is 0 Å². The van der Waals surface area contributed by atoms with Gasteiger partial charge in [0.25, 0.3) is 5.91 Å². The molecule has 0 saturated carbocycles. The van der Waals surface area contributed by atoms with E-state index in [9.17, 15) is 4.79 Å². The van der Waals surface area contributed by atoms with Crippen LogP contribution in [0.25, 0.3) is 5.69 Å². The van der Waals surface area contributed by atoms with E-state index in [-0.39, 0.29) is 18.1 Å². The van der Waals surface area contributed by atoms with E-state index in [1.54, 1.807) is 18.0 Å². The largest absolute Gasteiger partial charge is 0.373 e. The lowest BCUT2D eigenvalue weighted by Gasteiger charge is -2.35. The summed E-state index contributed by atoms with van der Waals surface area (Å²) in [6, 6.07) is 16.1. The summed E-state index contributed by atoms with van der Waals surface area (Å²) in [4.78, 5) is 19.3. The van der Waals surface area contributed by atoms with Gasteiger partial charge in [-0.3, -0.25) is 14.3 Å². The average Bonchev–Trinajstić information content (AvgIpc) is 3.27. The summed E-state index contributed by atoms with van der Waals surface area (Å²) in [5.41, 5.74) is 4.00. The minimum Gasteiger partial charge on any atom is -0.373 e. The van der Waals surface area contributed by atoms with Gasteiger partial charge >= 0.3 is 0 Å². The maximum Gasteiger partial charge on any atom is 0.251 e. The van der Waals surface area contributed by atoms with Crippen LogP contribution in [-0.2, 0) is 17.8 Å². The molecule has 0 spiro atoms. The predicted octanol–water partition coefficient (Wildman–Crippen LogP) is 4.13. The SMILES string of the molecule is CSc1nccn1-c1ccc(C(=O)NCc2ccc(CN3CC(C)OC(C)C3)cc2)cc1. The molecule has 0 aliphatic carbocycles. The quantitative estimate of drug-likeness (QED) is 0.549. The van der Waals surface area contributed by atoms with Crippen LogP contribution in [-0.4, -0.2) is 51.9 Å². The number of nitrogens with one attached hydrogen (secondary N) is 1. The summed E-state index contributed by atoms with van der Waals surface area (Å²) < 4.78 is 7.82. The molecule has 1 fully saturated rings. The summed E-state index contributed by atoms with van der Waals surface area (Å²) in [5.74, 6) is -0.0763. The Bertz CT molecular complexity index is 1020. The van der Waals surface area contributed by atoms with Crippen LogP contribution in [0.4, 0.5) is 0 Å². The van der Waals surface area contributed by atoms with E-state index in [1.807, 2.05) is 41.3 Å². The summed E-state index contributed by atoms with van der Waals surface area (Å²) in [6.45, 7) is 7.60. The fourth-order valence-electron chi connectivity index (χ4n) is 4.13. The van der Waals surface area contributed by atoms with Crippen LogP contribution >= 0.6 is 11.8 Å². The topological polar surface area (TPSA) is 59.4 Å². The van der Waals surface area contributed by atoms with Crippen molar-refractivity contribution < 1.29 is 9.53 Å². The molecule has 2 unspecified atom stereocenters. The van der Waals surface area contributed by atoms with Gasteiger partial charge in [0.05, 0.1) is 12.2 Å². The number of imidazole rings is 1. The van der Waals surface area contributed by atoms with Crippen LogP contribution in [0, 0.1) is 0 Å². The first-order valence-corrected chi connectivity index (χ1v) is 12.2. The fourth-order valence-corrected chi connectivity index (χ4v) is 4.66. The van der Waals surface area contributed by atoms with E-state index < -0.39 is 0 Å². The van der Waals surface area contributed by atoms with Gasteiger partial charge in [0.15, 0.2) is 5.16 Å². The molecule has 1 aliphatic rings. The lowest BCUT2D eigenvalue weighted by Crippen LogP contribution is -2.44. The van der Waals surface area contributed by atoms with Crippen molar-refractivity contribution in [3.8, 4) is 5.69 Å². The number of hydrogen-bond donors (Lipinski definition) is 1. The van der Waals surface area contributed by atoms with Crippen LogP contribution in [0.5, 0.6) is 0 Å². The Kier molecular flexibility index (Phi) is 7.29. The number of hydrogen-bond acceptors (Lipinski definition) is 5. The molecule has 1 aliphatic heterocycles. The third-order valence-electron chi connectivity index (χ3n) is 5.57. The zero-order chi connectivity index (χ0) is 22.5. The molecule has 7 heteroatoms. The number of amides is 1. The van der Waals surface area contributed by atoms with Crippen molar-refractivity contribution in [2.45, 2.75) is 44.3 Å². The Morgan fingerprint density at radius 1 is 1.06 bits per heavy atom. The summed E-state index contributed by atoms with van der Waals surface area (Å²) in [5, 5.41) is 3.94. The predicted molar refractivity (Wildman–Crippen MR) is 128 cm³/mol. The molecule has 32 heavy (non-hydrogen) atoms. The van der Waals surface area contributed by atoms with Crippen molar-refractivity contribution in [1.82, 2.24) is 19.8 Å². The van der Waals surface area contributed by atoms with E-state index >= 15 is 0 Å². The third-order valence-corrected chi connectivity index (χ3v) is 6.24. The lowest BCUT2D eigenvalue weighted by atomic mass is 10.1.